The van der Waals surface area contributed by atoms with Crippen LogP contribution in [0.5, 0.6) is 0 Å². The highest BCUT2D eigenvalue weighted by atomic mass is 19.4. The summed E-state index contributed by atoms with van der Waals surface area (Å²) in [5.41, 5.74) is 0.534. The van der Waals surface area contributed by atoms with Crippen molar-refractivity contribution in [2.24, 2.45) is 0 Å². The Bertz CT molecular complexity index is 884. The van der Waals surface area contributed by atoms with E-state index < -0.39 is 17.6 Å². The number of fused-ring (bicyclic) bond motifs is 1. The van der Waals surface area contributed by atoms with Gasteiger partial charge in [-0.2, -0.15) is 13.2 Å². The lowest BCUT2D eigenvalue weighted by molar-refractivity contribution is -0.136. The topological polar surface area (TPSA) is 46.4 Å². The van der Waals surface area contributed by atoms with E-state index in [1.165, 1.54) is 30.5 Å². The lowest BCUT2D eigenvalue weighted by Gasteiger charge is -2.13. The van der Waals surface area contributed by atoms with Gasteiger partial charge in [-0.05, 0) is 31.2 Å². The van der Waals surface area contributed by atoms with Crippen LogP contribution in [0.25, 0.3) is 5.65 Å². The first kappa shape index (κ1) is 15.1. The summed E-state index contributed by atoms with van der Waals surface area (Å²) < 4.78 is 40.5. The number of rotatable bonds is 2. The van der Waals surface area contributed by atoms with Crippen molar-refractivity contribution in [2.45, 2.75) is 13.1 Å². The number of carbonyl (C=O) groups excluding carboxylic acids is 1. The van der Waals surface area contributed by atoms with Gasteiger partial charge < -0.3 is 9.72 Å². The highest BCUT2D eigenvalue weighted by Gasteiger charge is 2.33. The van der Waals surface area contributed by atoms with Gasteiger partial charge in [-0.3, -0.25) is 4.79 Å². The Hall–Kier alpha value is -2.83. The number of pyridine rings is 1. The minimum atomic E-state index is -4.53. The monoisotopic (exact) mass is 319 g/mol. The second kappa shape index (κ2) is 5.42. The average molecular weight is 319 g/mol. The fourth-order valence-corrected chi connectivity index (χ4v) is 2.29. The highest BCUT2D eigenvalue weighted by Crippen LogP contribution is 2.34. The largest absolute Gasteiger partial charge is 0.418 e. The van der Waals surface area contributed by atoms with Crippen molar-refractivity contribution >= 4 is 17.2 Å². The summed E-state index contributed by atoms with van der Waals surface area (Å²) in [6.07, 6.45) is -1.27. The molecular weight excluding hydrogens is 307 g/mol. The number of halogens is 3. The predicted octanol–water partition coefficient (Wildman–Crippen LogP) is 3.91. The Balaban J connectivity index is 1.92. The molecule has 0 unspecified atom stereocenters. The van der Waals surface area contributed by atoms with Crippen molar-refractivity contribution < 1.29 is 18.0 Å². The molecule has 0 saturated carbocycles. The molecule has 0 radical (unpaired) electrons. The summed E-state index contributed by atoms with van der Waals surface area (Å²) in [6.45, 7) is 1.81. The molecule has 0 aliphatic carbocycles. The number of anilines is 1. The number of nitrogens with one attached hydrogen (secondary N) is 1. The van der Waals surface area contributed by atoms with Crippen LogP contribution < -0.4 is 5.32 Å². The van der Waals surface area contributed by atoms with E-state index in [1.54, 1.807) is 16.7 Å². The van der Waals surface area contributed by atoms with E-state index in [4.69, 9.17) is 0 Å². The second-order valence-electron chi connectivity index (χ2n) is 5.06. The SMILES string of the molecule is Cc1cn2cc(C(=O)Nc3ccccc3C(F)(F)F)ccc2n1. The van der Waals surface area contributed by atoms with E-state index in [-0.39, 0.29) is 11.3 Å². The van der Waals surface area contributed by atoms with E-state index in [9.17, 15) is 18.0 Å². The number of carbonyl (C=O) groups is 1. The molecule has 3 rings (SSSR count). The van der Waals surface area contributed by atoms with Gasteiger partial charge in [0.25, 0.3) is 5.91 Å². The number of aromatic nitrogens is 2. The predicted molar refractivity (Wildman–Crippen MR) is 79.3 cm³/mol. The number of aryl methyl sites for hydroxylation is 1. The zero-order chi connectivity index (χ0) is 16.6. The summed E-state index contributed by atoms with van der Waals surface area (Å²) >= 11 is 0. The van der Waals surface area contributed by atoms with Crippen LogP contribution >= 0.6 is 0 Å². The molecule has 2 aromatic heterocycles. The summed E-state index contributed by atoms with van der Waals surface area (Å²) in [7, 11) is 0. The van der Waals surface area contributed by atoms with Crippen LogP contribution in [0.1, 0.15) is 21.6 Å². The minimum absolute atomic E-state index is 0.242. The maximum absolute atomic E-state index is 12.9. The van der Waals surface area contributed by atoms with Crippen molar-refractivity contribution in [2.75, 3.05) is 5.32 Å². The van der Waals surface area contributed by atoms with Gasteiger partial charge in [-0.25, -0.2) is 4.98 Å². The van der Waals surface area contributed by atoms with Crippen LogP contribution in [0.4, 0.5) is 18.9 Å². The summed E-state index contributed by atoms with van der Waals surface area (Å²) in [6, 6.07) is 8.02. The molecule has 0 bridgehead atoms. The van der Waals surface area contributed by atoms with E-state index in [0.717, 1.165) is 11.8 Å². The zero-order valence-corrected chi connectivity index (χ0v) is 12.1. The van der Waals surface area contributed by atoms with Gasteiger partial charge in [0, 0.05) is 12.4 Å². The first-order valence-corrected chi connectivity index (χ1v) is 6.77. The Morgan fingerprint density at radius 3 is 2.61 bits per heavy atom. The number of para-hydroxylation sites is 1. The molecule has 1 aromatic carbocycles. The fraction of sp³-hybridized carbons (Fsp3) is 0.125. The average Bonchev–Trinajstić information content (AvgIpc) is 2.85. The van der Waals surface area contributed by atoms with Crippen LogP contribution in [-0.2, 0) is 6.18 Å². The van der Waals surface area contributed by atoms with Crippen molar-refractivity contribution in [3.05, 3.63) is 65.6 Å². The molecular formula is C16H12F3N3O. The van der Waals surface area contributed by atoms with E-state index in [0.29, 0.717) is 5.65 Å². The van der Waals surface area contributed by atoms with E-state index >= 15 is 0 Å². The van der Waals surface area contributed by atoms with Crippen molar-refractivity contribution in [3.63, 3.8) is 0 Å². The van der Waals surface area contributed by atoms with Crippen molar-refractivity contribution in [1.82, 2.24) is 9.38 Å². The van der Waals surface area contributed by atoms with Gasteiger partial charge in [-0.15, -0.1) is 0 Å². The summed E-state index contributed by atoms with van der Waals surface area (Å²) in [4.78, 5) is 16.5. The van der Waals surface area contributed by atoms with Crippen LogP contribution in [0.3, 0.4) is 0 Å². The molecule has 2 heterocycles. The standard InChI is InChI=1S/C16H12F3N3O/c1-10-8-22-9-11(6-7-14(22)20-10)15(23)21-13-5-3-2-4-12(13)16(17,18)19/h2-9H,1H3,(H,21,23). The molecule has 1 N–H and O–H groups in total. The normalized spacial score (nSPS) is 11.7. The highest BCUT2D eigenvalue weighted by molar-refractivity contribution is 6.04. The van der Waals surface area contributed by atoms with Gasteiger partial charge in [-0.1, -0.05) is 12.1 Å². The molecule has 0 spiro atoms. The minimum Gasteiger partial charge on any atom is -0.321 e. The number of hydrogen-bond acceptors (Lipinski definition) is 2. The Morgan fingerprint density at radius 1 is 1.13 bits per heavy atom. The Morgan fingerprint density at radius 2 is 1.87 bits per heavy atom. The zero-order valence-electron chi connectivity index (χ0n) is 12.1. The lowest BCUT2D eigenvalue weighted by atomic mass is 10.1. The molecule has 0 fully saturated rings. The summed E-state index contributed by atoms with van der Waals surface area (Å²) in [5, 5.41) is 2.31. The number of alkyl halides is 3. The van der Waals surface area contributed by atoms with Gasteiger partial charge >= 0.3 is 6.18 Å². The third kappa shape index (κ3) is 3.03. The third-order valence-corrected chi connectivity index (χ3v) is 3.31. The number of amides is 1. The Labute approximate surface area is 129 Å². The maximum atomic E-state index is 12.9. The van der Waals surface area contributed by atoms with Crippen LogP contribution in [0.15, 0.2) is 48.8 Å². The molecule has 23 heavy (non-hydrogen) atoms. The molecule has 0 aliphatic heterocycles. The van der Waals surface area contributed by atoms with Gasteiger partial charge in [0.2, 0.25) is 0 Å². The Kier molecular flexibility index (Phi) is 3.55. The van der Waals surface area contributed by atoms with Gasteiger partial charge in [0.05, 0.1) is 22.5 Å². The molecule has 118 valence electrons. The van der Waals surface area contributed by atoms with Gasteiger partial charge in [0.15, 0.2) is 0 Å². The first-order valence-electron chi connectivity index (χ1n) is 6.77. The number of nitrogens with zero attached hydrogens (tertiary/aromatic N) is 2. The van der Waals surface area contributed by atoms with Gasteiger partial charge in [0.1, 0.15) is 5.65 Å². The van der Waals surface area contributed by atoms with E-state index in [2.05, 4.69) is 10.3 Å². The number of hydrogen-bond donors (Lipinski definition) is 1. The fourth-order valence-electron chi connectivity index (χ4n) is 2.29. The molecule has 1 amide bonds. The van der Waals surface area contributed by atoms with Crippen LogP contribution in [-0.4, -0.2) is 15.3 Å². The van der Waals surface area contributed by atoms with Crippen molar-refractivity contribution in [1.29, 1.82) is 0 Å². The first-order chi connectivity index (χ1) is 10.8. The molecule has 4 nitrogen and oxygen atoms in total. The molecule has 3 aromatic rings. The molecule has 7 heteroatoms. The molecule has 0 aliphatic rings. The van der Waals surface area contributed by atoms with E-state index in [1.807, 2.05) is 6.92 Å². The van der Waals surface area contributed by atoms with Crippen molar-refractivity contribution in [3.8, 4) is 0 Å². The smallest absolute Gasteiger partial charge is 0.321 e. The van der Waals surface area contributed by atoms with Crippen LogP contribution in [0.2, 0.25) is 0 Å². The summed E-state index contributed by atoms with van der Waals surface area (Å²) in [5.74, 6) is -0.616. The quantitative estimate of drug-likeness (QED) is 0.778. The number of imidazole rings is 1. The third-order valence-electron chi connectivity index (χ3n) is 3.31. The number of benzene rings is 1. The van der Waals surface area contributed by atoms with Crippen LogP contribution in [0, 0.1) is 6.92 Å². The molecule has 0 saturated heterocycles. The second-order valence-corrected chi connectivity index (χ2v) is 5.06. The lowest BCUT2D eigenvalue weighted by Crippen LogP contribution is -2.17. The maximum Gasteiger partial charge on any atom is 0.418 e. The molecule has 0 atom stereocenters.